The zero-order valence-electron chi connectivity index (χ0n) is 25.4. The molecular weight excluding hydrogens is 1180 g/mol. The van der Waals surface area contributed by atoms with Crippen molar-refractivity contribution in [2.45, 2.75) is 13.3 Å². The van der Waals surface area contributed by atoms with E-state index >= 15 is 0 Å². The molecule has 0 amide bonds. The van der Waals surface area contributed by atoms with Crippen LogP contribution in [-0.2, 0) is 11.3 Å². The van der Waals surface area contributed by atoms with Crippen LogP contribution >= 0.6 is 129 Å². The van der Waals surface area contributed by atoms with Gasteiger partial charge >= 0.3 is 94.4 Å². The van der Waals surface area contributed by atoms with E-state index in [9.17, 15) is 20.2 Å². The summed E-state index contributed by atoms with van der Waals surface area (Å²) >= 11 is 33.4. The molecule has 0 unspecified atom stereocenters. The maximum atomic E-state index is 10.3. The first-order valence-corrected chi connectivity index (χ1v) is 28.1. The summed E-state index contributed by atoms with van der Waals surface area (Å²) in [5.41, 5.74) is 2.62. The molecule has 0 aliphatic rings. The minimum Gasteiger partial charge on any atom is 1.00 e. The molecule has 2 aromatic heterocycles. The molecule has 0 saturated carbocycles. The van der Waals surface area contributed by atoms with Gasteiger partial charge in [-0.2, -0.15) is 0 Å². The third-order valence-electron chi connectivity index (χ3n) is 4.54. The quantitative estimate of drug-likeness (QED) is 0.0478. The Kier molecular flexibility index (Phi) is 32.2. The molecule has 46 heavy (non-hydrogen) atoms. The molecule has 0 bridgehead atoms. The van der Waals surface area contributed by atoms with E-state index in [-0.39, 0.29) is 63.2 Å². The van der Waals surface area contributed by atoms with Crippen molar-refractivity contribution >= 4 is 143 Å². The van der Waals surface area contributed by atoms with Crippen molar-refractivity contribution in [2.75, 3.05) is 11.0 Å². The molecule has 0 aliphatic carbocycles. The number of hydrogen-bond donors (Lipinski definition) is 2. The van der Waals surface area contributed by atoms with E-state index < -0.39 is 4.92 Å². The Hall–Kier alpha value is 1.13. The van der Waals surface area contributed by atoms with Gasteiger partial charge in [0, 0.05) is 52.5 Å². The van der Waals surface area contributed by atoms with Crippen molar-refractivity contribution in [1.29, 1.82) is 0 Å². The number of benzene rings is 2. The van der Waals surface area contributed by atoms with Gasteiger partial charge in [-0.05, 0) is 40.8 Å². The summed E-state index contributed by atoms with van der Waals surface area (Å²) in [5, 5.41) is 22.5. The van der Waals surface area contributed by atoms with Crippen LogP contribution in [0.3, 0.4) is 0 Å². The normalized spacial score (nSPS) is 9.61. The summed E-state index contributed by atoms with van der Waals surface area (Å²) in [6.07, 6.45) is 5.52. The predicted molar refractivity (Wildman–Crippen MR) is 220 cm³/mol. The van der Waals surface area contributed by atoms with Crippen LogP contribution in [0.5, 0.6) is 0 Å². The van der Waals surface area contributed by atoms with Crippen LogP contribution in [0.15, 0.2) is 55.0 Å². The molecule has 4 rings (SSSR count). The van der Waals surface area contributed by atoms with Crippen molar-refractivity contribution in [2.24, 2.45) is 0 Å². The van der Waals surface area contributed by atoms with Crippen LogP contribution in [0, 0.1) is 27.7 Å². The van der Waals surface area contributed by atoms with Crippen LogP contribution in [0.25, 0.3) is 28.9 Å². The van der Waals surface area contributed by atoms with Gasteiger partial charge in [0.15, 0.2) is 0 Å². The second-order valence-corrected chi connectivity index (χ2v) is 46.1. The number of aromatic amines is 2. The first-order chi connectivity index (χ1) is 20.3. The molecule has 2 N–H and O–H groups in total. The van der Waals surface area contributed by atoms with Gasteiger partial charge in [0.1, 0.15) is 11.6 Å². The molecule has 10 nitrogen and oxygen atoms in total. The van der Waals surface area contributed by atoms with E-state index in [2.05, 4.69) is 109 Å². The van der Waals surface area contributed by atoms with Crippen molar-refractivity contribution in [3.63, 3.8) is 0 Å². The maximum absolute atomic E-state index is 10.3. The van der Waals surface area contributed by atoms with E-state index in [4.69, 9.17) is 46.4 Å². The van der Waals surface area contributed by atoms with E-state index in [1.807, 2.05) is 0 Å². The standard InChI is InChI=1S/C11H9Cl2N3O2.C11H7Cl2N3O2.C2H5I.CH3.B.3HI.Na.V.H/c2*12-7-1-2-9(10(13)5-7)11-14-6-8(15-11)3-4-16(17)18;1-2-3;;;;;;;;/h1-2,5-6H,3-4H2,(H,14,15);1-6H,(H,14,15);2H2,1H3;1H3;;3*1H;;;/q;;;-1;;;;;+1;+3;-1/p-3/b;4-3+;;;;;;;;;. The van der Waals surface area contributed by atoms with E-state index in [1.54, 1.807) is 42.6 Å². The van der Waals surface area contributed by atoms with E-state index in [0.29, 0.717) is 60.7 Å². The molecule has 4 aromatic rings. The molecule has 2 aromatic carbocycles. The smallest absolute Gasteiger partial charge is 1.00 e. The summed E-state index contributed by atoms with van der Waals surface area (Å²) in [4.78, 5) is 33.4. The van der Waals surface area contributed by atoms with Crippen molar-refractivity contribution in [1.82, 2.24) is 19.9 Å². The predicted octanol–water partition coefficient (Wildman–Crippen LogP) is 8.12. The first-order valence-electron chi connectivity index (χ1n) is 11.5. The van der Waals surface area contributed by atoms with Crippen LogP contribution < -0.4 is 29.6 Å². The average molecular weight is 1210 g/mol. The number of alkyl halides is 1. The van der Waals surface area contributed by atoms with Crippen LogP contribution in [0.4, 0.5) is 0 Å². The number of rotatable bonds is 7. The fraction of sp³-hybridized carbons (Fsp3) is 0.160. The summed E-state index contributed by atoms with van der Waals surface area (Å²) in [5.74, 6) is 1.11. The summed E-state index contributed by atoms with van der Waals surface area (Å²) in [6, 6.07) is 10.1. The summed E-state index contributed by atoms with van der Waals surface area (Å²) in [6.45, 7) is 1.98. The van der Waals surface area contributed by atoms with Crippen LogP contribution in [0.1, 0.15) is 19.7 Å². The molecular formula is C25H25BCl4I4N6NaO4V-. The SMILES string of the molecule is CCI.O=[N+]([O-])/C=C/c1cnc(-c2ccc(Cl)cc2Cl)[nH]1.O=[N+]([O-])CCc1cnc(-c2ccc(Cl)cc2Cl)[nH]1.[B].[CH3-].[H-].[I][V]([I])[I].[Na+]. The number of nitrogens with one attached hydrogen (secondary N) is 2. The molecule has 0 spiro atoms. The largest absolute Gasteiger partial charge is 1.00 e. The molecule has 0 atom stereocenters. The average Bonchev–Trinajstić information content (AvgIpc) is 3.57. The van der Waals surface area contributed by atoms with Crippen LogP contribution in [-0.4, -0.2) is 49.2 Å². The Bertz CT molecular complexity index is 1530. The van der Waals surface area contributed by atoms with Gasteiger partial charge in [-0.25, -0.2) is 9.97 Å². The third kappa shape index (κ3) is 22.1. The molecule has 21 heteroatoms. The van der Waals surface area contributed by atoms with Crippen molar-refractivity contribution in [3.8, 4) is 22.8 Å². The Morgan fingerprint density at radius 3 is 1.76 bits per heavy atom. The number of nitro groups is 2. The zero-order chi connectivity index (χ0) is 32.5. The Balaban J connectivity index is -0.000000306. The van der Waals surface area contributed by atoms with E-state index in [0.717, 1.165) is 6.20 Å². The first kappa shape index (κ1) is 51.5. The van der Waals surface area contributed by atoms with Crippen molar-refractivity contribution in [3.05, 3.63) is 114 Å². The Morgan fingerprint density at radius 1 is 0.913 bits per heavy atom. The van der Waals surface area contributed by atoms with Gasteiger partial charge in [0.2, 0.25) is 12.7 Å². The second kappa shape index (κ2) is 28.8. The number of H-pyrrole nitrogens is 2. The number of hydrogen-bond acceptors (Lipinski definition) is 6. The zero-order valence-corrected chi connectivity index (χ0v) is 39.4. The van der Waals surface area contributed by atoms with E-state index in [1.165, 1.54) is 16.7 Å². The van der Waals surface area contributed by atoms with Gasteiger partial charge in [0.05, 0.1) is 33.3 Å². The van der Waals surface area contributed by atoms with Gasteiger partial charge in [-0.15, -0.1) is 0 Å². The van der Waals surface area contributed by atoms with Gasteiger partial charge in [-0.1, -0.05) is 75.9 Å². The monoisotopic (exact) mass is 1210 g/mol. The molecule has 0 fully saturated rings. The molecule has 3 radical (unpaired) electrons. The Morgan fingerprint density at radius 2 is 1.35 bits per heavy atom. The fourth-order valence-electron chi connectivity index (χ4n) is 2.90. The number of halogens is 8. The van der Waals surface area contributed by atoms with Gasteiger partial charge in [0.25, 0.3) is 0 Å². The Labute approximate surface area is 364 Å². The number of nitrogens with zero attached hydrogens (tertiary/aromatic N) is 4. The summed E-state index contributed by atoms with van der Waals surface area (Å²) in [7, 11) is 0. The van der Waals surface area contributed by atoms with Crippen molar-refractivity contribution < 1.29 is 45.8 Å². The minimum absolute atomic E-state index is 0. The molecule has 0 saturated heterocycles. The number of aromatic nitrogens is 4. The van der Waals surface area contributed by atoms with Crippen LogP contribution in [0.2, 0.25) is 20.1 Å². The number of imidazole rings is 2. The van der Waals surface area contributed by atoms with Gasteiger partial charge in [-0.3, -0.25) is 20.2 Å². The molecule has 2 heterocycles. The minimum atomic E-state index is -0.546. The topological polar surface area (TPSA) is 144 Å². The molecule has 0 aliphatic heterocycles. The second-order valence-electron chi connectivity index (χ2n) is 7.56. The maximum Gasteiger partial charge on any atom is 1.00 e. The summed E-state index contributed by atoms with van der Waals surface area (Å²) < 4.78 is 1.22. The fourth-order valence-corrected chi connectivity index (χ4v) is 3.89. The molecule has 245 valence electrons. The van der Waals surface area contributed by atoms with Gasteiger partial charge < -0.3 is 18.8 Å². The third-order valence-corrected chi connectivity index (χ3v) is 5.63.